The van der Waals surface area contributed by atoms with Crippen molar-refractivity contribution in [1.29, 1.82) is 0 Å². The number of aldehydes is 1. The summed E-state index contributed by atoms with van der Waals surface area (Å²) >= 11 is 0. The van der Waals surface area contributed by atoms with Gasteiger partial charge in [-0.3, -0.25) is 4.79 Å². The minimum atomic E-state index is 0.496. The second-order valence-electron chi connectivity index (χ2n) is 4.88. The van der Waals surface area contributed by atoms with E-state index in [1.54, 1.807) is 12.1 Å². The van der Waals surface area contributed by atoms with E-state index in [-0.39, 0.29) is 0 Å². The molecule has 0 fully saturated rings. The van der Waals surface area contributed by atoms with Gasteiger partial charge in [0.2, 0.25) is 0 Å². The Morgan fingerprint density at radius 2 is 1.84 bits per heavy atom. The molecule has 2 heteroatoms. The van der Waals surface area contributed by atoms with Crippen LogP contribution >= 0.6 is 0 Å². The van der Waals surface area contributed by atoms with Gasteiger partial charge < -0.3 is 4.74 Å². The lowest BCUT2D eigenvalue weighted by Crippen LogP contribution is -1.96. The van der Waals surface area contributed by atoms with Crippen molar-refractivity contribution in [2.24, 2.45) is 0 Å². The van der Waals surface area contributed by atoms with Crippen molar-refractivity contribution in [3.05, 3.63) is 65.2 Å². The zero-order valence-electron chi connectivity index (χ0n) is 11.3. The van der Waals surface area contributed by atoms with Crippen LogP contribution in [0.15, 0.2) is 48.5 Å². The van der Waals surface area contributed by atoms with E-state index in [2.05, 4.69) is 26.0 Å². The summed E-state index contributed by atoms with van der Waals surface area (Å²) in [5, 5.41) is 0. The van der Waals surface area contributed by atoms with Gasteiger partial charge in [-0.25, -0.2) is 0 Å². The number of carbonyl (C=O) groups excluding carboxylic acids is 1. The maximum atomic E-state index is 10.6. The van der Waals surface area contributed by atoms with E-state index in [0.717, 1.165) is 17.6 Å². The predicted octanol–water partition coefficient (Wildman–Crippen LogP) is 4.20. The molecule has 2 aromatic carbocycles. The Labute approximate surface area is 114 Å². The van der Waals surface area contributed by atoms with Crippen molar-refractivity contribution in [2.45, 2.75) is 26.4 Å². The van der Waals surface area contributed by atoms with Gasteiger partial charge in [-0.15, -0.1) is 0 Å². The molecule has 0 aliphatic heterocycles. The molecule has 0 bridgehead atoms. The Morgan fingerprint density at radius 3 is 2.47 bits per heavy atom. The lowest BCUT2D eigenvalue weighted by Gasteiger charge is -2.10. The number of carbonyl (C=O) groups is 1. The molecule has 0 atom stereocenters. The van der Waals surface area contributed by atoms with Gasteiger partial charge in [0.05, 0.1) is 0 Å². The fourth-order valence-corrected chi connectivity index (χ4v) is 1.82. The second-order valence-corrected chi connectivity index (χ2v) is 4.88. The topological polar surface area (TPSA) is 26.3 Å². The zero-order valence-corrected chi connectivity index (χ0v) is 11.3. The van der Waals surface area contributed by atoms with Crippen LogP contribution in [0, 0.1) is 0 Å². The van der Waals surface area contributed by atoms with E-state index in [1.165, 1.54) is 5.56 Å². The summed E-state index contributed by atoms with van der Waals surface area (Å²) in [5.74, 6) is 1.38. The molecule has 2 rings (SSSR count). The summed E-state index contributed by atoms with van der Waals surface area (Å²) in [4.78, 5) is 10.6. The van der Waals surface area contributed by atoms with Crippen LogP contribution < -0.4 is 4.74 Å². The van der Waals surface area contributed by atoms with Crippen molar-refractivity contribution < 1.29 is 9.53 Å². The van der Waals surface area contributed by atoms with Gasteiger partial charge >= 0.3 is 0 Å². The summed E-state index contributed by atoms with van der Waals surface area (Å²) in [6.07, 6.45) is 0.844. The van der Waals surface area contributed by atoms with Crippen LogP contribution in [-0.2, 0) is 6.61 Å². The van der Waals surface area contributed by atoms with Crippen molar-refractivity contribution in [3.8, 4) is 5.75 Å². The standard InChI is InChI=1S/C17H18O2/c1-13(2)16-4-3-5-17(10-16)19-12-15-8-6-14(11-18)7-9-15/h3-11,13H,12H2,1-2H3. The van der Waals surface area contributed by atoms with Crippen molar-refractivity contribution >= 4 is 6.29 Å². The molecule has 0 amide bonds. The molecule has 2 nitrogen and oxygen atoms in total. The maximum absolute atomic E-state index is 10.6. The number of ether oxygens (including phenoxy) is 1. The van der Waals surface area contributed by atoms with Crippen molar-refractivity contribution in [3.63, 3.8) is 0 Å². The van der Waals surface area contributed by atoms with Gasteiger partial charge in [-0.05, 0) is 29.2 Å². The van der Waals surface area contributed by atoms with Gasteiger partial charge in [0.15, 0.2) is 0 Å². The Balaban J connectivity index is 2.01. The average Bonchev–Trinajstić information content (AvgIpc) is 2.46. The molecular weight excluding hydrogens is 236 g/mol. The zero-order chi connectivity index (χ0) is 13.7. The largest absolute Gasteiger partial charge is 0.489 e. The highest BCUT2D eigenvalue weighted by molar-refractivity contribution is 5.74. The van der Waals surface area contributed by atoms with E-state index in [4.69, 9.17) is 4.74 Å². The minimum Gasteiger partial charge on any atom is -0.489 e. The molecule has 0 radical (unpaired) electrons. The third-order valence-corrected chi connectivity index (χ3v) is 3.05. The molecule has 0 spiro atoms. The maximum Gasteiger partial charge on any atom is 0.150 e. The molecule has 19 heavy (non-hydrogen) atoms. The summed E-state index contributed by atoms with van der Waals surface area (Å²) in [5.41, 5.74) is 3.01. The number of rotatable bonds is 5. The molecule has 0 aliphatic carbocycles. The SMILES string of the molecule is CC(C)c1cccc(OCc2ccc(C=O)cc2)c1. The first-order valence-electron chi connectivity index (χ1n) is 6.46. The predicted molar refractivity (Wildman–Crippen MR) is 76.7 cm³/mol. The normalized spacial score (nSPS) is 10.5. The Kier molecular flexibility index (Phi) is 4.35. The Bertz CT molecular complexity index is 541. The monoisotopic (exact) mass is 254 g/mol. The van der Waals surface area contributed by atoms with Crippen LogP contribution in [0.5, 0.6) is 5.75 Å². The van der Waals surface area contributed by atoms with Crippen LogP contribution in [0.25, 0.3) is 0 Å². The summed E-state index contributed by atoms with van der Waals surface area (Å²) < 4.78 is 5.77. The second kappa shape index (κ2) is 6.19. The third-order valence-electron chi connectivity index (χ3n) is 3.05. The third kappa shape index (κ3) is 3.68. The molecule has 98 valence electrons. The fourth-order valence-electron chi connectivity index (χ4n) is 1.82. The first-order chi connectivity index (χ1) is 9.19. The van der Waals surface area contributed by atoms with Crippen LogP contribution in [0.4, 0.5) is 0 Å². The molecule has 2 aromatic rings. The summed E-state index contributed by atoms with van der Waals surface area (Å²) in [6, 6.07) is 15.6. The van der Waals surface area contributed by atoms with E-state index in [9.17, 15) is 4.79 Å². The van der Waals surface area contributed by atoms with Crippen LogP contribution in [-0.4, -0.2) is 6.29 Å². The highest BCUT2D eigenvalue weighted by Crippen LogP contribution is 2.20. The molecule has 0 unspecified atom stereocenters. The molecule has 0 N–H and O–H groups in total. The smallest absolute Gasteiger partial charge is 0.150 e. The van der Waals surface area contributed by atoms with Gasteiger partial charge in [-0.1, -0.05) is 50.2 Å². The first-order valence-corrected chi connectivity index (χ1v) is 6.46. The lowest BCUT2D eigenvalue weighted by atomic mass is 10.0. The van der Waals surface area contributed by atoms with Gasteiger partial charge in [0.1, 0.15) is 18.6 Å². The lowest BCUT2D eigenvalue weighted by molar-refractivity contribution is 0.112. The molecular formula is C17H18O2. The molecule has 0 heterocycles. The van der Waals surface area contributed by atoms with E-state index in [1.807, 2.05) is 24.3 Å². The summed E-state index contributed by atoms with van der Waals surface area (Å²) in [7, 11) is 0. The van der Waals surface area contributed by atoms with Crippen LogP contribution in [0.1, 0.15) is 41.3 Å². The number of hydrogen-bond donors (Lipinski definition) is 0. The van der Waals surface area contributed by atoms with Gasteiger partial charge in [-0.2, -0.15) is 0 Å². The first kappa shape index (κ1) is 13.3. The Hall–Kier alpha value is -2.09. The molecule has 0 saturated carbocycles. The van der Waals surface area contributed by atoms with E-state index < -0.39 is 0 Å². The number of benzene rings is 2. The highest BCUT2D eigenvalue weighted by atomic mass is 16.5. The molecule has 0 saturated heterocycles. The quantitative estimate of drug-likeness (QED) is 0.747. The molecule has 0 aliphatic rings. The highest BCUT2D eigenvalue weighted by Gasteiger charge is 2.01. The molecule has 0 aromatic heterocycles. The fraction of sp³-hybridized carbons (Fsp3) is 0.235. The van der Waals surface area contributed by atoms with Crippen molar-refractivity contribution in [1.82, 2.24) is 0 Å². The van der Waals surface area contributed by atoms with Crippen LogP contribution in [0.3, 0.4) is 0 Å². The van der Waals surface area contributed by atoms with Gasteiger partial charge in [0, 0.05) is 5.56 Å². The van der Waals surface area contributed by atoms with Crippen molar-refractivity contribution in [2.75, 3.05) is 0 Å². The van der Waals surface area contributed by atoms with E-state index in [0.29, 0.717) is 18.1 Å². The minimum absolute atomic E-state index is 0.496. The van der Waals surface area contributed by atoms with Gasteiger partial charge in [0.25, 0.3) is 0 Å². The summed E-state index contributed by atoms with van der Waals surface area (Å²) in [6.45, 7) is 4.84. The Morgan fingerprint density at radius 1 is 1.11 bits per heavy atom. The van der Waals surface area contributed by atoms with Crippen LogP contribution in [0.2, 0.25) is 0 Å². The number of hydrogen-bond acceptors (Lipinski definition) is 2. The average molecular weight is 254 g/mol. The van der Waals surface area contributed by atoms with E-state index >= 15 is 0 Å².